The van der Waals surface area contributed by atoms with Gasteiger partial charge in [-0.1, -0.05) is 49.4 Å². The Kier molecular flexibility index (Phi) is 7.49. The van der Waals surface area contributed by atoms with Gasteiger partial charge in [-0.2, -0.15) is 0 Å². The molecular weight excluding hydrogens is 380 g/mol. The number of carbonyl (C=O) groups is 2. The molecule has 1 heterocycles. The van der Waals surface area contributed by atoms with Crippen molar-refractivity contribution in [2.75, 3.05) is 13.2 Å². The Hall–Kier alpha value is -3.28. The normalized spacial score (nSPS) is 15.9. The first-order valence-electron chi connectivity index (χ1n) is 10.4. The first-order valence-corrected chi connectivity index (χ1v) is 10.4. The van der Waals surface area contributed by atoms with Gasteiger partial charge in [-0.3, -0.25) is 0 Å². The summed E-state index contributed by atoms with van der Waals surface area (Å²) in [6.45, 7) is 4.55. The monoisotopic (exact) mass is 408 g/mol. The van der Waals surface area contributed by atoms with E-state index in [4.69, 9.17) is 9.47 Å². The molecule has 1 atom stereocenters. The lowest BCUT2D eigenvalue weighted by Gasteiger charge is -2.29. The molecule has 0 radical (unpaired) electrons. The van der Waals surface area contributed by atoms with Crippen LogP contribution in [-0.4, -0.2) is 25.2 Å². The number of benzene rings is 2. The van der Waals surface area contributed by atoms with Crippen molar-refractivity contribution in [2.45, 2.75) is 39.2 Å². The third-order valence-corrected chi connectivity index (χ3v) is 4.94. The number of nitrogens with one attached hydrogen (secondary N) is 2. The van der Waals surface area contributed by atoms with Gasteiger partial charge in [0.15, 0.2) is 0 Å². The van der Waals surface area contributed by atoms with E-state index in [0.29, 0.717) is 24.3 Å². The van der Waals surface area contributed by atoms with E-state index in [0.717, 1.165) is 24.2 Å². The number of urea groups is 1. The molecule has 2 amide bonds. The molecule has 2 aromatic rings. The van der Waals surface area contributed by atoms with E-state index >= 15 is 0 Å². The van der Waals surface area contributed by atoms with Crippen LogP contribution in [0.4, 0.5) is 4.79 Å². The van der Waals surface area contributed by atoms with Gasteiger partial charge in [0.1, 0.15) is 5.75 Å². The van der Waals surface area contributed by atoms with E-state index in [-0.39, 0.29) is 12.6 Å². The van der Waals surface area contributed by atoms with E-state index in [1.165, 1.54) is 5.56 Å². The molecule has 0 aliphatic carbocycles. The second-order valence-corrected chi connectivity index (χ2v) is 7.00. The third-order valence-electron chi connectivity index (χ3n) is 4.94. The molecule has 1 aliphatic heterocycles. The maximum Gasteiger partial charge on any atom is 0.338 e. The fourth-order valence-corrected chi connectivity index (χ4v) is 3.46. The number of esters is 1. The molecule has 6 nitrogen and oxygen atoms in total. The summed E-state index contributed by atoms with van der Waals surface area (Å²) < 4.78 is 11.1. The molecule has 1 aliphatic rings. The summed E-state index contributed by atoms with van der Waals surface area (Å²) in [4.78, 5) is 24.6. The Bertz CT molecular complexity index is 891. The Morgan fingerprint density at radius 2 is 1.77 bits per heavy atom. The molecule has 158 valence electrons. The maximum atomic E-state index is 12.5. The average Bonchev–Trinajstić information content (AvgIpc) is 2.77. The molecule has 0 spiro atoms. The number of aryl methyl sites for hydroxylation is 1. The highest BCUT2D eigenvalue weighted by molar-refractivity contribution is 5.95. The summed E-state index contributed by atoms with van der Waals surface area (Å²) in [6, 6.07) is 16.9. The number of carbonyl (C=O) groups excluding carboxylic acids is 2. The van der Waals surface area contributed by atoms with Crippen molar-refractivity contribution in [3.05, 3.63) is 77.0 Å². The molecule has 30 heavy (non-hydrogen) atoms. The van der Waals surface area contributed by atoms with Crippen LogP contribution in [0.5, 0.6) is 5.75 Å². The third kappa shape index (κ3) is 5.41. The molecule has 0 saturated carbocycles. The van der Waals surface area contributed by atoms with Gasteiger partial charge >= 0.3 is 12.0 Å². The van der Waals surface area contributed by atoms with Gasteiger partial charge in [0, 0.05) is 5.70 Å². The van der Waals surface area contributed by atoms with Gasteiger partial charge in [-0.05, 0) is 49.4 Å². The van der Waals surface area contributed by atoms with Crippen molar-refractivity contribution < 1.29 is 19.1 Å². The van der Waals surface area contributed by atoms with E-state index in [2.05, 4.69) is 22.8 Å². The van der Waals surface area contributed by atoms with Crippen LogP contribution < -0.4 is 15.4 Å². The summed E-state index contributed by atoms with van der Waals surface area (Å²) in [5.41, 5.74) is 3.12. The van der Waals surface area contributed by atoms with E-state index in [1.807, 2.05) is 49.4 Å². The Morgan fingerprint density at radius 1 is 1.03 bits per heavy atom. The van der Waals surface area contributed by atoms with Gasteiger partial charge < -0.3 is 20.1 Å². The van der Waals surface area contributed by atoms with Crippen molar-refractivity contribution in [2.24, 2.45) is 0 Å². The van der Waals surface area contributed by atoms with Crippen LogP contribution in [-0.2, 0) is 16.0 Å². The summed E-state index contributed by atoms with van der Waals surface area (Å²) in [5.74, 6) is 0.331. The standard InChI is InChI=1S/C24H28N2O4/c1-3-20-21(23(27)29-4-2)22(26-24(28)25-20)18-12-14-19(15-13-18)30-16-8-11-17-9-6-5-7-10-17/h5-7,9-10,12-15,22H,3-4,8,11,16H2,1-2H3,(H2,25,26,28). The zero-order valence-electron chi connectivity index (χ0n) is 17.4. The fraction of sp³-hybridized carbons (Fsp3) is 0.333. The van der Waals surface area contributed by atoms with E-state index in [1.54, 1.807) is 6.92 Å². The van der Waals surface area contributed by atoms with Gasteiger partial charge in [0.2, 0.25) is 0 Å². The zero-order valence-corrected chi connectivity index (χ0v) is 17.4. The molecule has 2 aromatic carbocycles. The van der Waals surface area contributed by atoms with Crippen LogP contribution in [0.1, 0.15) is 43.9 Å². The highest BCUT2D eigenvalue weighted by Gasteiger charge is 2.32. The Morgan fingerprint density at radius 3 is 2.43 bits per heavy atom. The minimum absolute atomic E-state index is 0.274. The number of hydrogen-bond donors (Lipinski definition) is 2. The lowest BCUT2D eigenvalue weighted by atomic mass is 9.94. The second-order valence-electron chi connectivity index (χ2n) is 7.00. The average molecular weight is 408 g/mol. The van der Waals surface area contributed by atoms with Gasteiger partial charge in [0.25, 0.3) is 0 Å². The largest absolute Gasteiger partial charge is 0.494 e. The van der Waals surface area contributed by atoms with Crippen LogP contribution in [0.15, 0.2) is 65.9 Å². The quantitative estimate of drug-likeness (QED) is 0.480. The Balaban J connectivity index is 1.66. The lowest BCUT2D eigenvalue weighted by Crippen LogP contribution is -2.45. The summed E-state index contributed by atoms with van der Waals surface area (Å²) in [7, 11) is 0. The minimum Gasteiger partial charge on any atom is -0.494 e. The molecule has 0 aromatic heterocycles. The smallest absolute Gasteiger partial charge is 0.338 e. The first-order chi connectivity index (χ1) is 14.6. The summed E-state index contributed by atoms with van der Waals surface area (Å²) in [5, 5.41) is 5.55. The van der Waals surface area contributed by atoms with Crippen LogP contribution in [0, 0.1) is 0 Å². The van der Waals surface area contributed by atoms with Crippen molar-refractivity contribution >= 4 is 12.0 Å². The molecule has 0 saturated heterocycles. The molecule has 0 fully saturated rings. The lowest BCUT2D eigenvalue weighted by molar-refractivity contribution is -0.139. The van der Waals surface area contributed by atoms with Crippen LogP contribution in [0.3, 0.4) is 0 Å². The Labute approximate surface area is 177 Å². The van der Waals surface area contributed by atoms with E-state index < -0.39 is 12.0 Å². The van der Waals surface area contributed by atoms with Crippen LogP contribution in [0.2, 0.25) is 0 Å². The maximum absolute atomic E-state index is 12.5. The number of hydrogen-bond acceptors (Lipinski definition) is 4. The number of ether oxygens (including phenoxy) is 2. The predicted octanol–water partition coefficient (Wildman–Crippen LogP) is 4.28. The minimum atomic E-state index is -0.556. The summed E-state index contributed by atoms with van der Waals surface area (Å²) in [6.07, 6.45) is 2.42. The molecule has 6 heteroatoms. The van der Waals surface area contributed by atoms with Crippen molar-refractivity contribution in [1.29, 1.82) is 0 Å². The molecule has 2 N–H and O–H groups in total. The van der Waals surface area contributed by atoms with E-state index in [9.17, 15) is 9.59 Å². The molecular formula is C24H28N2O4. The van der Waals surface area contributed by atoms with Gasteiger partial charge in [-0.25, -0.2) is 9.59 Å². The van der Waals surface area contributed by atoms with Crippen molar-refractivity contribution in [3.63, 3.8) is 0 Å². The number of allylic oxidation sites excluding steroid dienone is 1. The van der Waals surface area contributed by atoms with Gasteiger partial charge in [-0.15, -0.1) is 0 Å². The van der Waals surface area contributed by atoms with Crippen LogP contribution in [0.25, 0.3) is 0 Å². The van der Waals surface area contributed by atoms with Gasteiger partial charge in [0.05, 0.1) is 24.8 Å². The van der Waals surface area contributed by atoms with Crippen molar-refractivity contribution in [1.82, 2.24) is 10.6 Å². The fourth-order valence-electron chi connectivity index (χ4n) is 3.46. The molecule has 0 bridgehead atoms. The molecule has 3 rings (SSSR count). The summed E-state index contributed by atoms with van der Waals surface area (Å²) >= 11 is 0. The highest BCUT2D eigenvalue weighted by atomic mass is 16.5. The number of rotatable bonds is 9. The highest BCUT2D eigenvalue weighted by Crippen LogP contribution is 2.30. The SMILES string of the molecule is CCOC(=O)C1=C(CC)NC(=O)NC1c1ccc(OCCCc2ccccc2)cc1. The number of amides is 2. The molecule has 1 unspecified atom stereocenters. The topological polar surface area (TPSA) is 76.7 Å². The van der Waals surface area contributed by atoms with Crippen molar-refractivity contribution in [3.8, 4) is 5.75 Å². The second kappa shape index (κ2) is 10.5. The predicted molar refractivity (Wildman–Crippen MR) is 115 cm³/mol. The van der Waals surface area contributed by atoms with Crippen LogP contribution >= 0.6 is 0 Å². The first kappa shape index (κ1) is 21.4. The zero-order chi connectivity index (χ0) is 21.3.